The van der Waals surface area contributed by atoms with Gasteiger partial charge in [-0.1, -0.05) is 29.3 Å². The van der Waals surface area contributed by atoms with Crippen molar-refractivity contribution in [2.45, 2.75) is 6.42 Å². The number of carbonyl (C=O) groups excluding carboxylic acids is 1. The van der Waals surface area contributed by atoms with Crippen molar-refractivity contribution in [1.82, 2.24) is 5.32 Å². The molecule has 0 heterocycles. The van der Waals surface area contributed by atoms with Gasteiger partial charge < -0.3 is 10.1 Å². The van der Waals surface area contributed by atoms with E-state index in [2.05, 4.69) is 5.32 Å². The van der Waals surface area contributed by atoms with Crippen molar-refractivity contribution in [3.05, 3.63) is 39.9 Å². The fraction of sp³-hybridized carbons (Fsp3) is 0.308. The molecule has 0 radical (unpaired) electrons. The highest BCUT2D eigenvalue weighted by molar-refractivity contribution is 6.42. The predicted octanol–water partition coefficient (Wildman–Crippen LogP) is 3.16. The van der Waals surface area contributed by atoms with Crippen LogP contribution < -0.4 is 5.32 Å². The second-order valence-electron chi connectivity index (χ2n) is 3.64. The average molecular weight is 288 g/mol. The summed E-state index contributed by atoms with van der Waals surface area (Å²) in [5.74, 6) is -0.142. The summed E-state index contributed by atoms with van der Waals surface area (Å²) in [7, 11) is 1.63. The second kappa shape index (κ2) is 8.14. The summed E-state index contributed by atoms with van der Waals surface area (Å²) >= 11 is 11.7. The highest BCUT2D eigenvalue weighted by Crippen LogP contribution is 2.22. The zero-order valence-electron chi connectivity index (χ0n) is 10.1. The molecule has 1 rings (SSSR count). The van der Waals surface area contributed by atoms with Crippen LogP contribution in [0, 0.1) is 0 Å². The summed E-state index contributed by atoms with van der Waals surface area (Å²) in [6.07, 6.45) is 3.95. The first-order valence-corrected chi connectivity index (χ1v) is 6.29. The number of hydrogen-bond acceptors (Lipinski definition) is 2. The maximum Gasteiger partial charge on any atom is 0.244 e. The van der Waals surface area contributed by atoms with E-state index in [-0.39, 0.29) is 5.91 Å². The largest absolute Gasteiger partial charge is 0.385 e. The Morgan fingerprint density at radius 1 is 1.39 bits per heavy atom. The zero-order chi connectivity index (χ0) is 13.4. The Balaban J connectivity index is 2.43. The van der Waals surface area contributed by atoms with Gasteiger partial charge in [-0.25, -0.2) is 0 Å². The first kappa shape index (κ1) is 15.0. The van der Waals surface area contributed by atoms with Gasteiger partial charge in [0.1, 0.15) is 0 Å². The molecule has 0 aliphatic rings. The molecule has 0 saturated carbocycles. The first-order chi connectivity index (χ1) is 8.63. The molecule has 1 amide bonds. The number of ether oxygens (including phenoxy) is 1. The van der Waals surface area contributed by atoms with Gasteiger partial charge in [0.2, 0.25) is 5.91 Å². The van der Waals surface area contributed by atoms with Crippen LogP contribution in [-0.2, 0) is 9.53 Å². The lowest BCUT2D eigenvalue weighted by Crippen LogP contribution is -2.22. The summed E-state index contributed by atoms with van der Waals surface area (Å²) in [5, 5.41) is 3.72. The SMILES string of the molecule is COCCCNC(=O)/C=C/c1ccc(Cl)c(Cl)c1. The number of hydrogen-bond donors (Lipinski definition) is 1. The van der Waals surface area contributed by atoms with Crippen LogP contribution in [-0.4, -0.2) is 26.2 Å². The van der Waals surface area contributed by atoms with E-state index in [4.69, 9.17) is 27.9 Å². The van der Waals surface area contributed by atoms with E-state index in [1.54, 1.807) is 31.4 Å². The Morgan fingerprint density at radius 3 is 2.83 bits per heavy atom. The maximum absolute atomic E-state index is 11.4. The van der Waals surface area contributed by atoms with E-state index < -0.39 is 0 Å². The van der Waals surface area contributed by atoms with E-state index in [1.165, 1.54) is 6.08 Å². The van der Waals surface area contributed by atoms with Crippen molar-refractivity contribution in [2.24, 2.45) is 0 Å². The monoisotopic (exact) mass is 287 g/mol. The second-order valence-corrected chi connectivity index (χ2v) is 4.46. The van der Waals surface area contributed by atoms with E-state index in [0.29, 0.717) is 23.2 Å². The number of carbonyl (C=O) groups is 1. The van der Waals surface area contributed by atoms with Gasteiger partial charge in [-0.15, -0.1) is 0 Å². The topological polar surface area (TPSA) is 38.3 Å². The fourth-order valence-corrected chi connectivity index (χ4v) is 1.58. The molecule has 1 aromatic rings. The van der Waals surface area contributed by atoms with Gasteiger partial charge in [0.05, 0.1) is 10.0 Å². The summed E-state index contributed by atoms with van der Waals surface area (Å²) in [6.45, 7) is 1.23. The normalized spacial score (nSPS) is 10.8. The molecule has 98 valence electrons. The molecule has 0 saturated heterocycles. The van der Waals surface area contributed by atoms with Crippen molar-refractivity contribution in [3.8, 4) is 0 Å². The smallest absolute Gasteiger partial charge is 0.244 e. The Labute approximate surface area is 117 Å². The van der Waals surface area contributed by atoms with Crippen molar-refractivity contribution >= 4 is 35.2 Å². The molecule has 0 aliphatic carbocycles. The molecule has 0 aromatic heterocycles. The third-order valence-corrected chi connectivity index (χ3v) is 2.93. The molecule has 0 aliphatic heterocycles. The molecular weight excluding hydrogens is 273 g/mol. The number of rotatable bonds is 6. The van der Waals surface area contributed by atoms with Crippen LogP contribution in [0.2, 0.25) is 10.0 Å². The summed E-state index contributed by atoms with van der Waals surface area (Å²) in [6, 6.07) is 5.20. The number of methoxy groups -OCH3 is 1. The van der Waals surface area contributed by atoms with Crippen molar-refractivity contribution in [1.29, 1.82) is 0 Å². The Morgan fingerprint density at radius 2 is 2.17 bits per heavy atom. The molecule has 3 nitrogen and oxygen atoms in total. The van der Waals surface area contributed by atoms with Crippen LogP contribution in [0.15, 0.2) is 24.3 Å². The Hall–Kier alpha value is -1.03. The zero-order valence-corrected chi connectivity index (χ0v) is 11.6. The van der Waals surface area contributed by atoms with Gasteiger partial charge >= 0.3 is 0 Å². The molecule has 0 spiro atoms. The Bertz CT molecular complexity index is 433. The van der Waals surface area contributed by atoms with E-state index in [0.717, 1.165) is 12.0 Å². The molecule has 0 bridgehead atoms. The average Bonchev–Trinajstić information content (AvgIpc) is 2.36. The highest BCUT2D eigenvalue weighted by atomic mass is 35.5. The number of amides is 1. The van der Waals surface area contributed by atoms with Gasteiger partial charge in [-0.05, 0) is 30.2 Å². The van der Waals surface area contributed by atoms with Gasteiger partial charge in [-0.2, -0.15) is 0 Å². The fourth-order valence-electron chi connectivity index (χ4n) is 1.27. The van der Waals surface area contributed by atoms with Gasteiger partial charge in [-0.3, -0.25) is 4.79 Å². The molecule has 18 heavy (non-hydrogen) atoms. The lowest BCUT2D eigenvalue weighted by atomic mass is 10.2. The molecule has 5 heteroatoms. The van der Waals surface area contributed by atoms with E-state index >= 15 is 0 Å². The standard InChI is InChI=1S/C13H15Cl2NO2/c1-18-8-2-7-16-13(17)6-4-10-3-5-11(14)12(15)9-10/h3-6,9H,2,7-8H2,1H3,(H,16,17)/b6-4+. The van der Waals surface area contributed by atoms with Crippen LogP contribution in [0.25, 0.3) is 6.08 Å². The number of nitrogens with one attached hydrogen (secondary N) is 1. The molecule has 0 fully saturated rings. The third-order valence-electron chi connectivity index (χ3n) is 2.20. The lowest BCUT2D eigenvalue weighted by Gasteiger charge is -2.01. The van der Waals surface area contributed by atoms with Crippen molar-refractivity contribution in [3.63, 3.8) is 0 Å². The summed E-state index contributed by atoms with van der Waals surface area (Å²) in [4.78, 5) is 11.4. The van der Waals surface area contributed by atoms with Crippen LogP contribution in [0.3, 0.4) is 0 Å². The number of benzene rings is 1. The molecule has 0 unspecified atom stereocenters. The van der Waals surface area contributed by atoms with Crippen LogP contribution in [0.5, 0.6) is 0 Å². The van der Waals surface area contributed by atoms with Gasteiger partial charge in [0, 0.05) is 26.3 Å². The number of halogens is 2. The lowest BCUT2D eigenvalue weighted by molar-refractivity contribution is -0.116. The van der Waals surface area contributed by atoms with E-state index in [9.17, 15) is 4.79 Å². The van der Waals surface area contributed by atoms with E-state index in [1.807, 2.05) is 0 Å². The minimum Gasteiger partial charge on any atom is -0.385 e. The van der Waals surface area contributed by atoms with Crippen LogP contribution >= 0.6 is 23.2 Å². The Kier molecular flexibility index (Phi) is 6.80. The molecular formula is C13H15Cl2NO2. The summed E-state index contributed by atoms with van der Waals surface area (Å²) in [5.41, 5.74) is 0.830. The minimum absolute atomic E-state index is 0.142. The molecule has 0 atom stereocenters. The minimum atomic E-state index is -0.142. The molecule has 1 aromatic carbocycles. The van der Waals surface area contributed by atoms with Crippen LogP contribution in [0.4, 0.5) is 0 Å². The highest BCUT2D eigenvalue weighted by Gasteiger charge is 1.98. The molecule has 1 N–H and O–H groups in total. The van der Waals surface area contributed by atoms with Crippen molar-refractivity contribution in [2.75, 3.05) is 20.3 Å². The van der Waals surface area contributed by atoms with Crippen molar-refractivity contribution < 1.29 is 9.53 Å². The van der Waals surface area contributed by atoms with Gasteiger partial charge in [0.25, 0.3) is 0 Å². The third kappa shape index (κ3) is 5.54. The van der Waals surface area contributed by atoms with Gasteiger partial charge in [0.15, 0.2) is 0 Å². The predicted molar refractivity (Wildman–Crippen MR) is 75.0 cm³/mol. The summed E-state index contributed by atoms with van der Waals surface area (Å²) < 4.78 is 4.88. The maximum atomic E-state index is 11.4. The first-order valence-electron chi connectivity index (χ1n) is 5.53. The quantitative estimate of drug-likeness (QED) is 0.645. The van der Waals surface area contributed by atoms with Crippen LogP contribution in [0.1, 0.15) is 12.0 Å².